The molecule has 2 amide bonds. The first-order valence-corrected chi connectivity index (χ1v) is 15.1. The summed E-state index contributed by atoms with van der Waals surface area (Å²) in [7, 11) is 0. The number of carboxylic acid groups (broad SMARTS) is 1. The third-order valence-electron chi connectivity index (χ3n) is 6.71. The fraction of sp³-hybridized carbons (Fsp3) is 0.870. The minimum atomic E-state index is -1.61. The van der Waals surface area contributed by atoms with Gasteiger partial charge in [0.2, 0.25) is 11.8 Å². The summed E-state index contributed by atoms with van der Waals surface area (Å²) in [5.41, 5.74) is 3.25. The van der Waals surface area contributed by atoms with Gasteiger partial charge in [0.1, 0.15) is 65.7 Å². The predicted octanol–water partition coefficient (Wildman–Crippen LogP) is -4.62. The molecule has 0 aromatic rings. The lowest BCUT2D eigenvalue weighted by molar-refractivity contribution is -0.205. The molecule has 0 aromatic carbocycles. The van der Waals surface area contributed by atoms with E-state index in [1.54, 1.807) is 0 Å². The number of ether oxygens (including phenoxy) is 2. The SMILES string of the molecule is NCCC[C@@H](C(=O)O)N(C(=O)CCS[C@H]1O[C@H](CO)[C@@H](O)[C@H](O)[C@@H]1O)C(=O)CCS[C@H]1O[C@H](CO)[C@@H](O)[C@H](O)[C@@H]1O. The molecular weight excluding hydrogens is 592 g/mol. The molecule has 2 aliphatic rings. The maximum atomic E-state index is 13.1. The highest BCUT2D eigenvalue weighted by atomic mass is 32.2. The summed E-state index contributed by atoms with van der Waals surface area (Å²) < 4.78 is 10.8. The van der Waals surface area contributed by atoms with E-state index in [2.05, 4.69) is 0 Å². The van der Waals surface area contributed by atoms with Gasteiger partial charge in [-0.15, -0.1) is 23.5 Å². The monoisotopic (exact) mass is 632 g/mol. The van der Waals surface area contributed by atoms with E-state index in [0.717, 1.165) is 23.5 Å². The second kappa shape index (κ2) is 17.2. The Morgan fingerprint density at radius 2 is 1.15 bits per heavy atom. The number of rotatable bonds is 15. The van der Waals surface area contributed by atoms with Gasteiger partial charge in [-0.05, 0) is 19.4 Å². The van der Waals surface area contributed by atoms with Crippen molar-refractivity contribution in [1.82, 2.24) is 4.90 Å². The Hall–Kier alpha value is -1.13. The Labute approximate surface area is 244 Å². The van der Waals surface area contributed by atoms with E-state index in [4.69, 9.17) is 15.2 Å². The van der Waals surface area contributed by atoms with Crippen LogP contribution in [0.1, 0.15) is 25.7 Å². The van der Waals surface area contributed by atoms with Gasteiger partial charge >= 0.3 is 5.97 Å². The average Bonchev–Trinajstić information content (AvgIpc) is 2.94. The van der Waals surface area contributed by atoms with E-state index >= 15 is 0 Å². The molecule has 0 unspecified atom stereocenters. The van der Waals surface area contributed by atoms with Crippen LogP contribution in [0.2, 0.25) is 0 Å². The number of carboxylic acids is 1. The molecule has 16 nitrogen and oxygen atoms in total. The normalized spacial score (nSPS) is 34.7. The lowest BCUT2D eigenvalue weighted by Crippen LogP contribution is -2.57. The number of amides is 2. The number of hydrogen-bond acceptors (Lipinski definition) is 16. The lowest BCUT2D eigenvalue weighted by Gasteiger charge is -2.39. The molecule has 0 aliphatic carbocycles. The van der Waals surface area contributed by atoms with Crippen LogP contribution in [0.15, 0.2) is 0 Å². The standard InChI is InChI=1S/C23H40N2O14S2/c24-5-1-2-10(21(36)37)25(13(28)3-6-40-22-19(34)17(32)15(30)11(8-26)38-22)14(29)4-7-41-23-20(35)18(33)16(31)12(9-27)39-23/h10-12,15-20,22-23,26-27,30-35H,1-9,24H2,(H,36,37)/t10-,11+,12+,15+,16+,17-,18-,19-,20-,22+,23+/m0/s1. The molecule has 2 fully saturated rings. The van der Waals surface area contributed by atoms with Crippen LogP contribution < -0.4 is 5.73 Å². The molecule has 18 heteroatoms. The van der Waals surface area contributed by atoms with Crippen molar-refractivity contribution in [3.8, 4) is 0 Å². The Morgan fingerprint density at radius 1 is 0.732 bits per heavy atom. The number of hydrogen-bond donors (Lipinski definition) is 10. The van der Waals surface area contributed by atoms with Crippen molar-refractivity contribution in [3.05, 3.63) is 0 Å². The van der Waals surface area contributed by atoms with Gasteiger partial charge in [-0.3, -0.25) is 14.5 Å². The molecule has 0 radical (unpaired) electrons. The summed E-state index contributed by atoms with van der Waals surface area (Å²) in [6, 6.07) is -1.52. The zero-order valence-electron chi connectivity index (χ0n) is 22.1. The molecule has 0 bridgehead atoms. The van der Waals surface area contributed by atoms with Crippen LogP contribution >= 0.6 is 23.5 Å². The number of aliphatic carboxylic acids is 1. The van der Waals surface area contributed by atoms with E-state index in [-0.39, 0.29) is 43.7 Å². The van der Waals surface area contributed by atoms with Gasteiger partial charge in [0.05, 0.1) is 13.2 Å². The Kier molecular flexibility index (Phi) is 15.2. The largest absolute Gasteiger partial charge is 0.480 e. The van der Waals surface area contributed by atoms with Gasteiger partial charge < -0.3 is 61.2 Å². The number of imide groups is 1. The van der Waals surface area contributed by atoms with E-state index < -0.39 is 96.7 Å². The zero-order valence-corrected chi connectivity index (χ0v) is 23.8. The molecule has 2 rings (SSSR count). The van der Waals surface area contributed by atoms with Crippen LogP contribution in [0.4, 0.5) is 0 Å². The molecule has 0 spiro atoms. The molecular formula is C23H40N2O14S2. The Balaban J connectivity index is 2.05. The summed E-state index contributed by atoms with van der Waals surface area (Å²) in [5.74, 6) is -3.26. The van der Waals surface area contributed by atoms with Crippen molar-refractivity contribution in [2.75, 3.05) is 31.3 Å². The van der Waals surface area contributed by atoms with E-state index in [9.17, 15) is 60.3 Å². The van der Waals surface area contributed by atoms with Crippen molar-refractivity contribution in [2.45, 2.75) is 91.4 Å². The second-order valence-corrected chi connectivity index (χ2v) is 12.0. The molecule has 0 saturated carbocycles. The molecule has 11 N–H and O–H groups in total. The van der Waals surface area contributed by atoms with Crippen LogP contribution in [0.3, 0.4) is 0 Å². The number of carbonyl (C=O) groups is 3. The number of aliphatic hydroxyl groups is 8. The number of nitrogens with two attached hydrogens (primary N) is 1. The van der Waals surface area contributed by atoms with Crippen molar-refractivity contribution in [3.63, 3.8) is 0 Å². The molecule has 11 atom stereocenters. The van der Waals surface area contributed by atoms with Gasteiger partial charge in [-0.1, -0.05) is 0 Å². The number of thioether (sulfide) groups is 2. The van der Waals surface area contributed by atoms with Crippen molar-refractivity contribution < 1.29 is 69.8 Å². The molecule has 2 aliphatic heterocycles. The summed E-state index contributed by atoms with van der Waals surface area (Å²) in [6.07, 6.45) is -12.3. The van der Waals surface area contributed by atoms with Crippen LogP contribution in [0, 0.1) is 0 Å². The first-order valence-electron chi connectivity index (χ1n) is 13.0. The molecule has 2 heterocycles. The van der Waals surface area contributed by atoms with E-state index in [1.165, 1.54) is 0 Å². The van der Waals surface area contributed by atoms with Gasteiger partial charge in [0, 0.05) is 24.3 Å². The topological polar surface area (TPSA) is 281 Å². The summed E-state index contributed by atoms with van der Waals surface area (Å²) in [5, 5.41) is 88.4. The third-order valence-corrected chi connectivity index (χ3v) is 9.03. The molecule has 2 saturated heterocycles. The smallest absolute Gasteiger partial charge is 0.326 e. The van der Waals surface area contributed by atoms with Gasteiger partial charge in [-0.25, -0.2) is 4.79 Å². The van der Waals surface area contributed by atoms with Crippen molar-refractivity contribution >= 4 is 41.3 Å². The van der Waals surface area contributed by atoms with Gasteiger partial charge in [-0.2, -0.15) is 0 Å². The summed E-state index contributed by atoms with van der Waals surface area (Å²) >= 11 is 1.74. The third kappa shape index (κ3) is 9.43. The first kappa shape index (κ1) is 36.1. The van der Waals surface area contributed by atoms with Crippen LogP contribution in [-0.2, 0) is 23.9 Å². The molecule has 0 aromatic heterocycles. The Morgan fingerprint density at radius 3 is 1.49 bits per heavy atom. The number of aliphatic hydroxyl groups excluding tert-OH is 8. The maximum Gasteiger partial charge on any atom is 0.326 e. The summed E-state index contributed by atoms with van der Waals surface area (Å²) in [4.78, 5) is 38.9. The highest BCUT2D eigenvalue weighted by Gasteiger charge is 2.45. The van der Waals surface area contributed by atoms with Gasteiger partial charge in [0.15, 0.2) is 0 Å². The first-order chi connectivity index (χ1) is 19.4. The van der Waals surface area contributed by atoms with Crippen molar-refractivity contribution in [2.24, 2.45) is 5.73 Å². The fourth-order valence-corrected chi connectivity index (χ4v) is 6.55. The molecule has 238 valence electrons. The minimum Gasteiger partial charge on any atom is -0.480 e. The van der Waals surface area contributed by atoms with E-state index in [0.29, 0.717) is 4.90 Å². The van der Waals surface area contributed by atoms with E-state index in [1.807, 2.05) is 0 Å². The molecule has 41 heavy (non-hydrogen) atoms. The number of nitrogens with zero attached hydrogens (tertiary/aromatic N) is 1. The second-order valence-electron chi connectivity index (χ2n) is 9.58. The predicted molar refractivity (Wildman–Crippen MR) is 143 cm³/mol. The van der Waals surface area contributed by atoms with Crippen molar-refractivity contribution in [1.29, 1.82) is 0 Å². The average molecular weight is 633 g/mol. The fourth-order valence-electron chi connectivity index (χ4n) is 4.34. The highest BCUT2D eigenvalue weighted by Crippen LogP contribution is 2.30. The van der Waals surface area contributed by atoms with Crippen LogP contribution in [0.5, 0.6) is 0 Å². The maximum absolute atomic E-state index is 13.1. The highest BCUT2D eigenvalue weighted by molar-refractivity contribution is 8.00. The lowest BCUT2D eigenvalue weighted by atomic mass is 10.0. The zero-order chi connectivity index (χ0) is 30.9. The number of carbonyl (C=O) groups excluding carboxylic acids is 2. The van der Waals surface area contributed by atoms with Gasteiger partial charge in [0.25, 0.3) is 0 Å². The van der Waals surface area contributed by atoms with Crippen LogP contribution in [0.25, 0.3) is 0 Å². The minimum absolute atomic E-state index is 0.0752. The summed E-state index contributed by atoms with van der Waals surface area (Å²) in [6.45, 7) is -1.16. The van der Waals surface area contributed by atoms with Crippen LogP contribution in [-0.4, -0.2) is 166 Å². The quantitative estimate of drug-likeness (QED) is 0.0812. The Bertz CT molecular complexity index is 801.